The van der Waals surface area contributed by atoms with E-state index in [1.165, 1.54) is 9.13 Å². The molecule has 14 heteroatoms. The number of hydrogen-bond donors (Lipinski definition) is 4. The number of hydrogen-bond acceptors (Lipinski definition) is 10. The number of aromatic nitrogens is 2. The monoisotopic (exact) mass is 670 g/mol. The van der Waals surface area contributed by atoms with Crippen LogP contribution < -0.4 is 0 Å². The van der Waals surface area contributed by atoms with Crippen LogP contribution in [0.3, 0.4) is 0 Å². The maximum atomic E-state index is 11.3. The van der Waals surface area contributed by atoms with E-state index < -0.39 is 17.6 Å². The first-order valence-corrected chi connectivity index (χ1v) is 20.2. The molecule has 0 amide bonds. The van der Waals surface area contributed by atoms with E-state index in [4.69, 9.17) is 26.6 Å². The highest BCUT2D eigenvalue weighted by Crippen LogP contribution is 2.47. The van der Waals surface area contributed by atoms with Crippen molar-refractivity contribution in [1.29, 1.82) is 0 Å². The third-order valence-electron chi connectivity index (χ3n) is 7.97. The Hall–Kier alpha value is -2.31. The topological polar surface area (TPSA) is 146 Å². The molecule has 1 aliphatic rings. The predicted molar refractivity (Wildman–Crippen MR) is 176 cm³/mol. The summed E-state index contributed by atoms with van der Waals surface area (Å²) in [4.78, 5) is 0. The zero-order chi connectivity index (χ0) is 33.2. The lowest BCUT2D eigenvalue weighted by Gasteiger charge is -2.28. The Balaban J connectivity index is 1.77. The van der Waals surface area contributed by atoms with Crippen LogP contribution in [-0.2, 0) is 46.1 Å². The van der Waals surface area contributed by atoms with Gasteiger partial charge in [0.05, 0.1) is 0 Å². The smallest absolute Gasteiger partial charge is 0.494 e. The second-order valence-electron chi connectivity index (χ2n) is 10.9. The van der Waals surface area contributed by atoms with Crippen LogP contribution in [0.15, 0.2) is 12.1 Å². The van der Waals surface area contributed by atoms with E-state index in [1.807, 2.05) is 54.5 Å². The highest BCUT2D eigenvalue weighted by molar-refractivity contribution is 6.61. The van der Waals surface area contributed by atoms with E-state index in [1.54, 1.807) is 6.07 Å². The van der Waals surface area contributed by atoms with Gasteiger partial charge in [0, 0.05) is 93.5 Å². The first kappa shape index (κ1) is 37.2. The molecule has 0 aliphatic heterocycles. The number of fused-ring (bicyclic) bond motifs is 1. The number of nitrogens with zero attached hydrogens (tertiary/aromatic N) is 2. The minimum atomic E-state index is -2.87. The van der Waals surface area contributed by atoms with Crippen molar-refractivity contribution in [3.8, 4) is 23.5 Å². The van der Waals surface area contributed by atoms with Gasteiger partial charge in [-0.3, -0.25) is 9.13 Å². The standard InChI is InChI=1S/C31H54N2O10Si2/c1-8-38-44(39-9-2,40-10-3)18-14-16-32-27(34)22-25(29(32)35)24-20-23(7)28-26(21-24)30(36)33(31(28)37)17-15-19-45(41-11-4,42-12-5)43-13-6/h20,22,24,34-37H,8-19,21H2,1-7H3. The van der Waals surface area contributed by atoms with Crippen molar-refractivity contribution >= 4 is 23.2 Å². The van der Waals surface area contributed by atoms with Crippen molar-refractivity contribution in [2.75, 3.05) is 39.6 Å². The molecule has 45 heavy (non-hydrogen) atoms. The van der Waals surface area contributed by atoms with Gasteiger partial charge in [0.2, 0.25) is 5.88 Å². The normalized spacial score (nSPS) is 15.4. The third kappa shape index (κ3) is 8.54. The van der Waals surface area contributed by atoms with E-state index in [-0.39, 0.29) is 29.4 Å². The summed E-state index contributed by atoms with van der Waals surface area (Å²) >= 11 is 0. The largest absolute Gasteiger partial charge is 0.500 e. The lowest BCUT2D eigenvalue weighted by Crippen LogP contribution is -2.46. The molecular weight excluding hydrogens is 617 g/mol. The maximum Gasteiger partial charge on any atom is 0.500 e. The van der Waals surface area contributed by atoms with Gasteiger partial charge in [-0.25, -0.2) is 0 Å². The molecule has 0 saturated heterocycles. The summed E-state index contributed by atoms with van der Waals surface area (Å²) in [7, 11) is -5.73. The highest BCUT2D eigenvalue weighted by Gasteiger charge is 2.41. The molecule has 2 heterocycles. The summed E-state index contributed by atoms with van der Waals surface area (Å²) in [5, 5.41) is 44.5. The quantitative estimate of drug-likeness (QED) is 0.121. The Labute approximate surface area is 269 Å². The number of rotatable bonds is 21. The summed E-state index contributed by atoms with van der Waals surface area (Å²) in [6, 6.07) is 2.66. The van der Waals surface area contributed by atoms with Crippen molar-refractivity contribution in [3.05, 3.63) is 28.8 Å². The van der Waals surface area contributed by atoms with Crippen molar-refractivity contribution < 1.29 is 47.0 Å². The molecule has 4 N–H and O–H groups in total. The molecule has 2 aromatic rings. The second kappa shape index (κ2) is 17.0. The zero-order valence-corrected chi connectivity index (χ0v) is 30.1. The average molecular weight is 671 g/mol. The van der Waals surface area contributed by atoms with Crippen LogP contribution in [0.25, 0.3) is 5.57 Å². The van der Waals surface area contributed by atoms with Gasteiger partial charge in [0.25, 0.3) is 0 Å². The van der Waals surface area contributed by atoms with Gasteiger partial charge in [0.15, 0.2) is 17.6 Å². The average Bonchev–Trinajstić information content (AvgIpc) is 3.41. The fourth-order valence-corrected chi connectivity index (χ4v) is 11.5. The Morgan fingerprint density at radius 1 is 0.667 bits per heavy atom. The van der Waals surface area contributed by atoms with Gasteiger partial charge in [-0.1, -0.05) is 6.08 Å². The van der Waals surface area contributed by atoms with Crippen LogP contribution >= 0.6 is 0 Å². The van der Waals surface area contributed by atoms with Crippen LogP contribution in [0.5, 0.6) is 23.5 Å². The van der Waals surface area contributed by atoms with Gasteiger partial charge in [-0.05, 0) is 73.3 Å². The van der Waals surface area contributed by atoms with Crippen LogP contribution in [0.1, 0.15) is 83.9 Å². The number of allylic oxidation sites excluding steroid dienone is 2. The summed E-state index contributed by atoms with van der Waals surface area (Å²) in [6.07, 6.45) is 3.45. The van der Waals surface area contributed by atoms with Crippen molar-refractivity contribution in [2.24, 2.45) is 0 Å². The number of aromatic hydroxyl groups is 4. The van der Waals surface area contributed by atoms with Crippen molar-refractivity contribution in [2.45, 2.75) is 98.8 Å². The van der Waals surface area contributed by atoms with Gasteiger partial charge in [0.1, 0.15) is 0 Å². The molecule has 0 aromatic carbocycles. The van der Waals surface area contributed by atoms with E-state index in [0.717, 1.165) is 5.57 Å². The molecule has 256 valence electrons. The molecule has 1 unspecified atom stereocenters. The fraction of sp³-hybridized carbons (Fsp3) is 0.677. The third-order valence-corrected chi connectivity index (χ3v) is 14.3. The molecule has 0 radical (unpaired) electrons. The van der Waals surface area contributed by atoms with E-state index in [9.17, 15) is 20.4 Å². The van der Waals surface area contributed by atoms with Gasteiger partial charge < -0.3 is 47.0 Å². The summed E-state index contributed by atoms with van der Waals surface area (Å²) < 4.78 is 38.7. The highest BCUT2D eigenvalue weighted by atomic mass is 28.4. The molecule has 2 aromatic heterocycles. The first-order valence-electron chi connectivity index (χ1n) is 16.3. The Morgan fingerprint density at radius 2 is 1.11 bits per heavy atom. The van der Waals surface area contributed by atoms with E-state index >= 15 is 0 Å². The first-order chi connectivity index (χ1) is 21.6. The molecule has 1 atom stereocenters. The second-order valence-corrected chi connectivity index (χ2v) is 16.4. The van der Waals surface area contributed by atoms with Gasteiger partial charge >= 0.3 is 17.6 Å². The summed E-state index contributed by atoms with van der Waals surface area (Å²) in [5.74, 6) is -0.409. The minimum absolute atomic E-state index is 0.00128. The lowest BCUT2D eigenvalue weighted by atomic mass is 9.84. The molecule has 0 bridgehead atoms. The van der Waals surface area contributed by atoms with Crippen LogP contribution in [0.2, 0.25) is 12.1 Å². The van der Waals surface area contributed by atoms with Crippen molar-refractivity contribution in [3.63, 3.8) is 0 Å². The van der Waals surface area contributed by atoms with Crippen LogP contribution in [0, 0.1) is 0 Å². The van der Waals surface area contributed by atoms with Crippen molar-refractivity contribution in [1.82, 2.24) is 9.13 Å². The van der Waals surface area contributed by atoms with E-state index in [2.05, 4.69) is 0 Å². The molecule has 0 saturated carbocycles. The molecule has 0 fully saturated rings. The van der Waals surface area contributed by atoms with Gasteiger partial charge in [-0.2, -0.15) is 0 Å². The van der Waals surface area contributed by atoms with Crippen LogP contribution in [0.4, 0.5) is 0 Å². The Kier molecular flexibility index (Phi) is 14.1. The Bertz CT molecular complexity index is 1230. The maximum absolute atomic E-state index is 11.3. The fourth-order valence-electron chi connectivity index (χ4n) is 6.28. The minimum Gasteiger partial charge on any atom is -0.494 e. The van der Waals surface area contributed by atoms with Gasteiger partial charge in [-0.15, -0.1) is 0 Å². The predicted octanol–water partition coefficient (Wildman–Crippen LogP) is 5.73. The molecule has 0 spiro atoms. The van der Waals surface area contributed by atoms with E-state index in [0.29, 0.717) is 101 Å². The SMILES string of the molecule is CCO[Si](CCCn1c(O)cc(C2C=C(C)c3c(c(O)n(CCC[Si](OCC)(OCC)OCC)c3O)C2)c1O)(OCC)OCC. The summed E-state index contributed by atoms with van der Waals surface area (Å²) in [5.41, 5.74) is 2.53. The molecule has 1 aliphatic carbocycles. The lowest BCUT2D eigenvalue weighted by molar-refractivity contribution is 0.0696. The molecule has 3 rings (SSSR count). The van der Waals surface area contributed by atoms with Crippen LogP contribution in [-0.4, -0.2) is 86.8 Å². The Morgan fingerprint density at radius 3 is 1.56 bits per heavy atom. The summed E-state index contributed by atoms with van der Waals surface area (Å²) in [6.45, 7) is 16.9. The zero-order valence-electron chi connectivity index (χ0n) is 28.1. The molecule has 12 nitrogen and oxygen atoms in total. The molecular formula is C31H54N2O10Si2.